The van der Waals surface area contributed by atoms with Gasteiger partial charge in [0.25, 0.3) is 5.56 Å². The van der Waals surface area contributed by atoms with E-state index in [0.717, 1.165) is 0 Å². The third-order valence-corrected chi connectivity index (χ3v) is 5.58. The number of nitrogens with zero attached hydrogens (tertiary/aromatic N) is 4. The fourth-order valence-electron chi connectivity index (χ4n) is 3.15. The quantitative estimate of drug-likeness (QED) is 0.255. The van der Waals surface area contributed by atoms with E-state index in [1.807, 2.05) is 0 Å². The first-order valence-electron chi connectivity index (χ1n) is 9.29. The van der Waals surface area contributed by atoms with Gasteiger partial charge in [0.1, 0.15) is 5.82 Å². The zero-order valence-electron chi connectivity index (χ0n) is 16.1. The molecule has 2 aromatic carbocycles. The summed E-state index contributed by atoms with van der Waals surface area (Å²) in [6, 6.07) is 9.16. The molecule has 0 fully saturated rings. The summed E-state index contributed by atoms with van der Waals surface area (Å²) in [4.78, 5) is 22.0. The second kappa shape index (κ2) is 7.88. The van der Waals surface area contributed by atoms with Crippen molar-refractivity contribution in [1.82, 2.24) is 19.7 Å². The zero-order chi connectivity index (χ0) is 21.4. The molecule has 31 heavy (non-hydrogen) atoms. The van der Waals surface area contributed by atoms with Crippen molar-refractivity contribution in [2.45, 2.75) is 17.5 Å². The van der Waals surface area contributed by atoms with Crippen LogP contribution in [0.1, 0.15) is 5.89 Å². The number of benzene rings is 2. The number of hydrogen-bond donors (Lipinski definition) is 0. The van der Waals surface area contributed by atoms with Gasteiger partial charge in [-0.25, -0.2) is 9.37 Å². The lowest BCUT2D eigenvalue weighted by molar-refractivity contribution is 0.174. The lowest BCUT2D eigenvalue weighted by Gasteiger charge is -2.11. The van der Waals surface area contributed by atoms with E-state index in [9.17, 15) is 9.18 Å². The van der Waals surface area contributed by atoms with Crippen molar-refractivity contribution in [3.63, 3.8) is 0 Å². The molecule has 0 N–H and O–H groups in total. The van der Waals surface area contributed by atoms with Crippen molar-refractivity contribution in [2.24, 2.45) is 0 Å². The highest BCUT2D eigenvalue weighted by atomic mass is 32.2. The van der Waals surface area contributed by atoms with Gasteiger partial charge in [0, 0.05) is 18.2 Å². The van der Waals surface area contributed by atoms with Gasteiger partial charge >= 0.3 is 0 Å². The van der Waals surface area contributed by atoms with Crippen LogP contribution < -0.4 is 15.0 Å². The summed E-state index contributed by atoms with van der Waals surface area (Å²) >= 11 is 1.29. The highest BCUT2D eigenvalue weighted by Crippen LogP contribution is 2.35. The van der Waals surface area contributed by atoms with Crippen molar-refractivity contribution in [3.8, 4) is 22.9 Å². The van der Waals surface area contributed by atoms with Crippen molar-refractivity contribution in [3.05, 3.63) is 71.1 Å². The molecule has 0 unspecified atom stereocenters. The summed E-state index contributed by atoms with van der Waals surface area (Å²) in [5.41, 5.74) is 0.947. The van der Waals surface area contributed by atoms with E-state index in [1.54, 1.807) is 30.3 Å². The number of thioether (sulfide) groups is 1. The van der Waals surface area contributed by atoms with E-state index >= 15 is 0 Å². The number of halogens is 1. The normalized spacial score (nSPS) is 12.4. The van der Waals surface area contributed by atoms with Gasteiger partial charge in [0.2, 0.25) is 18.5 Å². The first kappa shape index (κ1) is 19.3. The van der Waals surface area contributed by atoms with E-state index in [4.69, 9.17) is 14.0 Å². The molecule has 3 heterocycles. The van der Waals surface area contributed by atoms with Gasteiger partial charge in [-0.2, -0.15) is 4.98 Å². The van der Waals surface area contributed by atoms with Gasteiger partial charge in [0.15, 0.2) is 16.7 Å². The minimum Gasteiger partial charge on any atom is -0.454 e. The molecule has 1 aliphatic rings. The Morgan fingerprint density at radius 1 is 1.16 bits per heavy atom. The SMILES string of the molecule is C=CCn1c(SCc2nc(-c3ccc(F)cc3)no2)nc2cc3c(cc2c1=O)OCO3. The van der Waals surface area contributed by atoms with E-state index in [-0.39, 0.29) is 18.2 Å². The molecule has 0 spiro atoms. The first-order chi connectivity index (χ1) is 15.1. The standard InChI is InChI=1S/C21H15FN4O4S/c1-2-7-26-20(27)14-8-16-17(29-11-28-16)9-15(14)23-21(26)31-10-18-24-19(25-30-18)12-3-5-13(22)6-4-12/h2-6,8-9H,1,7,10-11H2. The van der Waals surface area contributed by atoms with Gasteiger partial charge in [-0.1, -0.05) is 23.0 Å². The molecule has 10 heteroatoms. The highest BCUT2D eigenvalue weighted by Gasteiger charge is 2.19. The molecular formula is C21H15FN4O4S. The maximum atomic E-state index is 13.1. The summed E-state index contributed by atoms with van der Waals surface area (Å²) in [7, 11) is 0. The summed E-state index contributed by atoms with van der Waals surface area (Å²) in [5, 5.41) is 4.86. The van der Waals surface area contributed by atoms with E-state index in [0.29, 0.717) is 57.1 Å². The van der Waals surface area contributed by atoms with Crippen molar-refractivity contribution in [1.29, 1.82) is 0 Å². The number of fused-ring (bicyclic) bond motifs is 2. The Morgan fingerprint density at radius 2 is 1.94 bits per heavy atom. The fraction of sp³-hybridized carbons (Fsp3) is 0.143. The fourth-order valence-corrected chi connectivity index (χ4v) is 3.99. The van der Waals surface area contributed by atoms with Crippen LogP contribution in [-0.2, 0) is 12.3 Å². The Hall–Kier alpha value is -3.66. The Balaban J connectivity index is 1.45. The smallest absolute Gasteiger partial charge is 0.262 e. The molecule has 4 aromatic rings. The average molecular weight is 438 g/mol. The molecule has 0 aliphatic carbocycles. The Labute approximate surface area is 179 Å². The molecule has 5 rings (SSSR count). The van der Waals surface area contributed by atoms with E-state index < -0.39 is 0 Å². The van der Waals surface area contributed by atoms with Gasteiger partial charge in [-0.05, 0) is 30.3 Å². The third kappa shape index (κ3) is 3.66. The Kier molecular flexibility index (Phi) is 4.91. The second-order valence-electron chi connectivity index (χ2n) is 6.63. The van der Waals surface area contributed by atoms with Crippen LogP contribution in [0.3, 0.4) is 0 Å². The number of rotatable bonds is 6. The number of ether oxygens (including phenoxy) is 2. The number of hydrogen-bond acceptors (Lipinski definition) is 8. The van der Waals surface area contributed by atoms with Gasteiger partial charge in [0.05, 0.1) is 16.7 Å². The Morgan fingerprint density at radius 3 is 2.71 bits per heavy atom. The minimum absolute atomic E-state index is 0.113. The van der Waals surface area contributed by atoms with Crippen LogP contribution in [0.4, 0.5) is 4.39 Å². The van der Waals surface area contributed by atoms with Crippen LogP contribution in [0.5, 0.6) is 11.5 Å². The summed E-state index contributed by atoms with van der Waals surface area (Å²) in [6.45, 7) is 4.14. The summed E-state index contributed by atoms with van der Waals surface area (Å²) in [5.74, 6) is 1.75. The zero-order valence-corrected chi connectivity index (χ0v) is 16.9. The lowest BCUT2D eigenvalue weighted by atomic mass is 10.2. The van der Waals surface area contributed by atoms with Crippen LogP contribution >= 0.6 is 11.8 Å². The van der Waals surface area contributed by atoms with Crippen LogP contribution in [0.15, 0.2) is 63.5 Å². The maximum absolute atomic E-state index is 13.1. The van der Waals surface area contributed by atoms with Crippen LogP contribution in [0.25, 0.3) is 22.3 Å². The van der Waals surface area contributed by atoms with Gasteiger partial charge in [-0.3, -0.25) is 9.36 Å². The van der Waals surface area contributed by atoms with Gasteiger partial charge in [-0.15, -0.1) is 6.58 Å². The van der Waals surface area contributed by atoms with Crippen LogP contribution in [0.2, 0.25) is 0 Å². The molecule has 2 aromatic heterocycles. The third-order valence-electron chi connectivity index (χ3n) is 4.62. The summed E-state index contributed by atoms with van der Waals surface area (Å²) in [6.07, 6.45) is 1.63. The molecule has 0 saturated carbocycles. The molecule has 0 amide bonds. The van der Waals surface area contributed by atoms with E-state index in [1.165, 1.54) is 28.5 Å². The van der Waals surface area contributed by atoms with Crippen LogP contribution in [-0.4, -0.2) is 26.5 Å². The molecule has 0 bridgehead atoms. The first-order valence-corrected chi connectivity index (χ1v) is 10.3. The van der Waals surface area contributed by atoms with Crippen molar-refractivity contribution >= 4 is 22.7 Å². The van der Waals surface area contributed by atoms with Crippen LogP contribution in [0, 0.1) is 5.82 Å². The topological polar surface area (TPSA) is 92.3 Å². The predicted molar refractivity (Wildman–Crippen MR) is 112 cm³/mol. The molecule has 1 aliphatic heterocycles. The van der Waals surface area contributed by atoms with Gasteiger partial charge < -0.3 is 14.0 Å². The molecule has 8 nitrogen and oxygen atoms in total. The van der Waals surface area contributed by atoms with Crippen molar-refractivity contribution in [2.75, 3.05) is 6.79 Å². The highest BCUT2D eigenvalue weighted by molar-refractivity contribution is 7.98. The maximum Gasteiger partial charge on any atom is 0.262 e. The average Bonchev–Trinajstić information content (AvgIpc) is 3.43. The second-order valence-corrected chi connectivity index (χ2v) is 7.57. The molecular weight excluding hydrogens is 423 g/mol. The largest absolute Gasteiger partial charge is 0.454 e. The number of aromatic nitrogens is 4. The minimum atomic E-state index is -0.340. The van der Waals surface area contributed by atoms with E-state index in [2.05, 4.69) is 21.7 Å². The molecule has 156 valence electrons. The monoisotopic (exact) mass is 438 g/mol. The molecule has 0 saturated heterocycles. The summed E-state index contributed by atoms with van der Waals surface area (Å²) < 4.78 is 30.7. The Bertz CT molecular complexity index is 1350. The van der Waals surface area contributed by atoms with Crippen molar-refractivity contribution < 1.29 is 18.4 Å². The number of allylic oxidation sites excluding steroid dienone is 1. The molecule has 0 atom stereocenters. The molecule has 0 radical (unpaired) electrons. The lowest BCUT2D eigenvalue weighted by Crippen LogP contribution is -2.22. The predicted octanol–water partition coefficient (Wildman–Crippen LogP) is 3.79.